The first-order valence-corrected chi connectivity index (χ1v) is 9.30. The molecule has 1 aromatic rings. The van der Waals surface area contributed by atoms with Crippen LogP contribution < -0.4 is 0 Å². The number of aryl methyl sites for hydroxylation is 1. The van der Waals surface area contributed by atoms with Crippen molar-refractivity contribution in [1.82, 2.24) is 9.80 Å². The monoisotopic (exact) mass is 326 g/mol. The van der Waals surface area contributed by atoms with Gasteiger partial charge in [0.05, 0.1) is 0 Å². The highest BCUT2D eigenvalue weighted by molar-refractivity contribution is 5.90. The Morgan fingerprint density at radius 1 is 1.17 bits per heavy atom. The molecule has 0 radical (unpaired) electrons. The number of amides is 2. The Morgan fingerprint density at radius 3 is 2.62 bits per heavy atom. The van der Waals surface area contributed by atoms with Gasteiger partial charge in [-0.3, -0.25) is 9.59 Å². The molecule has 3 aliphatic rings. The summed E-state index contributed by atoms with van der Waals surface area (Å²) in [5, 5.41) is 0. The molecular weight excluding hydrogens is 300 g/mol. The lowest BCUT2D eigenvalue weighted by atomic mass is 10.1. The van der Waals surface area contributed by atoms with Gasteiger partial charge in [-0.15, -0.1) is 0 Å². The van der Waals surface area contributed by atoms with Crippen molar-refractivity contribution in [2.24, 2.45) is 5.92 Å². The second kappa shape index (κ2) is 6.23. The largest absolute Gasteiger partial charge is 0.334 e. The maximum atomic E-state index is 13.2. The summed E-state index contributed by atoms with van der Waals surface area (Å²) in [4.78, 5) is 29.6. The van der Waals surface area contributed by atoms with E-state index < -0.39 is 0 Å². The molecule has 4 heteroatoms. The molecule has 2 amide bonds. The van der Waals surface area contributed by atoms with Gasteiger partial charge < -0.3 is 9.80 Å². The van der Waals surface area contributed by atoms with E-state index in [1.165, 1.54) is 11.1 Å². The van der Waals surface area contributed by atoms with E-state index in [4.69, 9.17) is 0 Å². The zero-order valence-electron chi connectivity index (χ0n) is 14.4. The van der Waals surface area contributed by atoms with Gasteiger partial charge in [-0.05, 0) is 51.0 Å². The molecule has 1 saturated heterocycles. The van der Waals surface area contributed by atoms with Crippen LogP contribution >= 0.6 is 0 Å². The summed E-state index contributed by atoms with van der Waals surface area (Å²) in [6.07, 6.45) is 5.99. The quantitative estimate of drug-likeness (QED) is 0.835. The van der Waals surface area contributed by atoms with Gasteiger partial charge in [0.1, 0.15) is 6.04 Å². The SMILES string of the molecule is Cc1cccc(CN(C(=O)[C@@H]2CCCN2C(=O)C2CC2)C2CC2)c1. The Kier molecular flexibility index (Phi) is 4.07. The Balaban J connectivity index is 1.50. The molecule has 0 aromatic heterocycles. The highest BCUT2D eigenvalue weighted by Crippen LogP contribution is 2.35. The zero-order valence-corrected chi connectivity index (χ0v) is 14.4. The van der Waals surface area contributed by atoms with Crippen LogP contribution in [0.25, 0.3) is 0 Å². The third-order valence-corrected chi connectivity index (χ3v) is 5.45. The fourth-order valence-corrected chi connectivity index (χ4v) is 3.82. The predicted molar refractivity (Wildman–Crippen MR) is 92.2 cm³/mol. The van der Waals surface area contributed by atoms with E-state index >= 15 is 0 Å². The molecule has 0 spiro atoms. The zero-order chi connectivity index (χ0) is 16.7. The molecule has 128 valence electrons. The van der Waals surface area contributed by atoms with Gasteiger partial charge in [-0.1, -0.05) is 29.8 Å². The lowest BCUT2D eigenvalue weighted by Gasteiger charge is -2.31. The number of carbonyl (C=O) groups excluding carboxylic acids is 2. The standard InChI is InChI=1S/C20H26N2O2/c1-14-4-2-5-15(12-14)13-22(17-9-10-17)20(24)18-6-3-11-21(18)19(23)16-7-8-16/h2,4-5,12,16-18H,3,6-11,13H2,1H3/t18-/m0/s1. The Bertz CT molecular complexity index is 649. The van der Waals surface area contributed by atoms with E-state index in [1.807, 2.05) is 9.80 Å². The Hall–Kier alpha value is -1.84. The molecule has 4 nitrogen and oxygen atoms in total. The molecular formula is C20H26N2O2. The number of benzene rings is 1. The number of hydrogen-bond donors (Lipinski definition) is 0. The average Bonchev–Trinajstić information content (AvgIpc) is 3.49. The second-order valence-electron chi connectivity index (χ2n) is 7.65. The van der Waals surface area contributed by atoms with Crippen LogP contribution in [0.1, 0.15) is 49.7 Å². The van der Waals surface area contributed by atoms with Crippen LogP contribution in [-0.4, -0.2) is 40.2 Å². The smallest absolute Gasteiger partial charge is 0.245 e. The van der Waals surface area contributed by atoms with Gasteiger partial charge in [0.25, 0.3) is 0 Å². The lowest BCUT2D eigenvalue weighted by Crippen LogP contribution is -2.48. The summed E-state index contributed by atoms with van der Waals surface area (Å²) in [5.41, 5.74) is 2.41. The van der Waals surface area contributed by atoms with Crippen LogP contribution in [0.2, 0.25) is 0 Å². The normalized spacial score (nSPS) is 23.4. The van der Waals surface area contributed by atoms with Crippen LogP contribution in [0.15, 0.2) is 24.3 Å². The van der Waals surface area contributed by atoms with Crippen LogP contribution in [0, 0.1) is 12.8 Å². The molecule has 0 bridgehead atoms. The first-order chi connectivity index (χ1) is 11.6. The molecule has 24 heavy (non-hydrogen) atoms. The van der Waals surface area contributed by atoms with E-state index in [2.05, 4.69) is 31.2 Å². The van der Waals surface area contributed by atoms with Crippen LogP contribution in [0.3, 0.4) is 0 Å². The third kappa shape index (κ3) is 3.19. The number of likely N-dealkylation sites (tertiary alicyclic amines) is 1. The van der Waals surface area contributed by atoms with Crippen molar-refractivity contribution in [3.05, 3.63) is 35.4 Å². The molecule has 1 aliphatic heterocycles. The van der Waals surface area contributed by atoms with Crippen molar-refractivity contribution in [1.29, 1.82) is 0 Å². The summed E-state index contributed by atoms with van der Waals surface area (Å²) >= 11 is 0. The van der Waals surface area contributed by atoms with Crippen molar-refractivity contribution in [2.45, 2.75) is 64.1 Å². The summed E-state index contributed by atoms with van der Waals surface area (Å²) < 4.78 is 0. The Morgan fingerprint density at radius 2 is 1.96 bits per heavy atom. The molecule has 2 saturated carbocycles. The first kappa shape index (κ1) is 15.7. The molecule has 2 aliphatic carbocycles. The van der Waals surface area contributed by atoms with Crippen LogP contribution in [0.5, 0.6) is 0 Å². The van der Waals surface area contributed by atoms with Gasteiger partial charge in [-0.2, -0.15) is 0 Å². The minimum absolute atomic E-state index is 0.172. The van der Waals surface area contributed by atoms with E-state index in [1.54, 1.807) is 0 Å². The number of rotatable bonds is 5. The van der Waals surface area contributed by atoms with Gasteiger partial charge in [0, 0.05) is 25.0 Å². The lowest BCUT2D eigenvalue weighted by molar-refractivity contribution is -0.145. The average molecular weight is 326 g/mol. The van der Waals surface area contributed by atoms with E-state index in [9.17, 15) is 9.59 Å². The fraction of sp³-hybridized carbons (Fsp3) is 0.600. The minimum Gasteiger partial charge on any atom is -0.334 e. The second-order valence-corrected chi connectivity index (χ2v) is 7.65. The highest BCUT2D eigenvalue weighted by Gasteiger charge is 2.44. The van der Waals surface area contributed by atoms with E-state index in [-0.39, 0.29) is 23.8 Å². The minimum atomic E-state index is -0.219. The first-order valence-electron chi connectivity index (χ1n) is 9.30. The maximum Gasteiger partial charge on any atom is 0.245 e. The van der Waals surface area contributed by atoms with Crippen LogP contribution in [-0.2, 0) is 16.1 Å². The summed E-state index contributed by atoms with van der Waals surface area (Å²) in [7, 11) is 0. The summed E-state index contributed by atoms with van der Waals surface area (Å²) in [6, 6.07) is 8.54. The van der Waals surface area contributed by atoms with Gasteiger partial charge in [-0.25, -0.2) is 0 Å². The number of nitrogens with zero attached hydrogens (tertiary/aromatic N) is 2. The fourth-order valence-electron chi connectivity index (χ4n) is 3.82. The Labute approximate surface area is 143 Å². The number of carbonyl (C=O) groups is 2. The van der Waals surface area contributed by atoms with Crippen molar-refractivity contribution >= 4 is 11.8 Å². The van der Waals surface area contributed by atoms with Crippen molar-refractivity contribution < 1.29 is 9.59 Å². The van der Waals surface area contributed by atoms with Crippen molar-refractivity contribution in [3.8, 4) is 0 Å². The molecule has 0 unspecified atom stereocenters. The molecule has 1 atom stereocenters. The van der Waals surface area contributed by atoms with Crippen molar-refractivity contribution in [3.63, 3.8) is 0 Å². The summed E-state index contributed by atoms with van der Waals surface area (Å²) in [5.74, 6) is 0.590. The molecule has 1 heterocycles. The molecule has 4 rings (SSSR count). The predicted octanol–water partition coefficient (Wildman–Crippen LogP) is 2.89. The van der Waals surface area contributed by atoms with Crippen LogP contribution in [0.4, 0.5) is 0 Å². The molecule has 1 aromatic carbocycles. The van der Waals surface area contributed by atoms with Gasteiger partial charge >= 0.3 is 0 Å². The summed E-state index contributed by atoms with van der Waals surface area (Å²) in [6.45, 7) is 3.52. The molecule has 0 N–H and O–H groups in total. The highest BCUT2D eigenvalue weighted by atomic mass is 16.2. The van der Waals surface area contributed by atoms with Gasteiger partial charge in [0.2, 0.25) is 11.8 Å². The van der Waals surface area contributed by atoms with E-state index in [0.717, 1.165) is 45.1 Å². The maximum absolute atomic E-state index is 13.2. The number of hydrogen-bond acceptors (Lipinski definition) is 2. The van der Waals surface area contributed by atoms with Crippen molar-refractivity contribution in [2.75, 3.05) is 6.54 Å². The third-order valence-electron chi connectivity index (χ3n) is 5.45. The topological polar surface area (TPSA) is 40.6 Å². The van der Waals surface area contributed by atoms with E-state index in [0.29, 0.717) is 12.6 Å². The molecule has 3 fully saturated rings. The van der Waals surface area contributed by atoms with Gasteiger partial charge in [0.15, 0.2) is 0 Å².